The van der Waals surface area contributed by atoms with Crippen molar-refractivity contribution in [1.29, 1.82) is 0 Å². The van der Waals surface area contributed by atoms with Gasteiger partial charge in [-0.15, -0.1) is 0 Å². The second kappa shape index (κ2) is 11.6. The summed E-state index contributed by atoms with van der Waals surface area (Å²) in [7, 11) is 1.78. The van der Waals surface area contributed by atoms with Crippen molar-refractivity contribution in [3.05, 3.63) is 90.0 Å². The number of amides is 2. The zero-order valence-electron chi connectivity index (χ0n) is 18.5. The Kier molecular flexibility index (Phi) is 8.26. The molecule has 0 radical (unpaired) electrons. The zero-order chi connectivity index (χ0) is 22.8. The Morgan fingerprint density at radius 2 is 1.66 bits per heavy atom. The van der Waals surface area contributed by atoms with Gasteiger partial charge in [0.2, 0.25) is 5.91 Å². The summed E-state index contributed by atoms with van der Waals surface area (Å²) in [5, 5.41) is 5.94. The number of carbonyl (C=O) groups is 2. The first-order chi connectivity index (χ1) is 15.5. The van der Waals surface area contributed by atoms with Gasteiger partial charge in [-0.3, -0.25) is 9.59 Å². The first-order valence-electron chi connectivity index (χ1n) is 10.7. The molecule has 166 valence electrons. The van der Waals surface area contributed by atoms with E-state index in [9.17, 15) is 9.59 Å². The quantitative estimate of drug-likeness (QED) is 0.484. The highest BCUT2D eigenvalue weighted by molar-refractivity contribution is 5.96. The molecule has 0 atom stereocenters. The van der Waals surface area contributed by atoms with Gasteiger partial charge in [0.1, 0.15) is 5.75 Å². The van der Waals surface area contributed by atoms with Crippen LogP contribution in [0.3, 0.4) is 0 Å². The van der Waals surface area contributed by atoms with Crippen LogP contribution in [-0.2, 0) is 11.3 Å². The molecule has 6 heteroatoms. The van der Waals surface area contributed by atoms with Crippen LogP contribution in [0, 0.1) is 0 Å². The highest BCUT2D eigenvalue weighted by atomic mass is 16.5. The molecular formula is C26H29N3O3. The maximum Gasteiger partial charge on any atom is 0.253 e. The third-order valence-corrected chi connectivity index (χ3v) is 4.76. The summed E-state index contributed by atoms with van der Waals surface area (Å²) in [6.07, 6.45) is 0.921. The van der Waals surface area contributed by atoms with Crippen LogP contribution in [0.2, 0.25) is 0 Å². The van der Waals surface area contributed by atoms with Crippen LogP contribution in [0.15, 0.2) is 78.9 Å². The van der Waals surface area contributed by atoms with Gasteiger partial charge in [-0.05, 0) is 42.3 Å². The van der Waals surface area contributed by atoms with E-state index in [2.05, 4.69) is 10.6 Å². The van der Waals surface area contributed by atoms with Gasteiger partial charge in [-0.2, -0.15) is 0 Å². The van der Waals surface area contributed by atoms with E-state index in [0.717, 1.165) is 17.7 Å². The smallest absolute Gasteiger partial charge is 0.253 e. The average molecular weight is 432 g/mol. The molecule has 32 heavy (non-hydrogen) atoms. The second-order valence-corrected chi connectivity index (χ2v) is 7.51. The molecule has 0 unspecified atom stereocenters. The van der Waals surface area contributed by atoms with Crippen LogP contribution < -0.4 is 15.4 Å². The molecule has 0 aliphatic heterocycles. The lowest BCUT2D eigenvalue weighted by atomic mass is 10.1. The van der Waals surface area contributed by atoms with Gasteiger partial charge in [0.05, 0.1) is 13.2 Å². The normalized spacial score (nSPS) is 10.3. The van der Waals surface area contributed by atoms with Crippen molar-refractivity contribution >= 4 is 23.2 Å². The molecule has 0 heterocycles. The minimum Gasteiger partial charge on any atom is -0.494 e. The van der Waals surface area contributed by atoms with E-state index in [-0.39, 0.29) is 18.4 Å². The Labute approximate surface area is 189 Å². The summed E-state index contributed by atoms with van der Waals surface area (Å²) < 4.78 is 5.60. The first kappa shape index (κ1) is 22.9. The van der Waals surface area contributed by atoms with Crippen LogP contribution in [0.5, 0.6) is 5.75 Å². The molecule has 3 aromatic carbocycles. The van der Waals surface area contributed by atoms with Gasteiger partial charge in [0.25, 0.3) is 5.91 Å². The van der Waals surface area contributed by atoms with Crippen molar-refractivity contribution in [2.45, 2.75) is 19.9 Å². The lowest BCUT2D eigenvalue weighted by Gasteiger charge is -2.18. The van der Waals surface area contributed by atoms with Crippen molar-refractivity contribution < 1.29 is 14.3 Å². The van der Waals surface area contributed by atoms with Crippen molar-refractivity contribution in [3.63, 3.8) is 0 Å². The number of rotatable bonds is 10. The maximum atomic E-state index is 12.8. The van der Waals surface area contributed by atoms with Crippen LogP contribution in [-0.4, -0.2) is 36.9 Å². The summed E-state index contributed by atoms with van der Waals surface area (Å²) in [6.45, 7) is 3.29. The number of ether oxygens (including phenoxy) is 1. The third-order valence-electron chi connectivity index (χ3n) is 4.76. The van der Waals surface area contributed by atoms with E-state index < -0.39 is 0 Å². The Balaban J connectivity index is 1.54. The fraction of sp³-hybridized carbons (Fsp3) is 0.231. The van der Waals surface area contributed by atoms with Gasteiger partial charge in [0.15, 0.2) is 0 Å². The minimum absolute atomic E-state index is 0.0779. The van der Waals surface area contributed by atoms with E-state index >= 15 is 0 Å². The summed E-state index contributed by atoms with van der Waals surface area (Å²) in [6, 6.07) is 24.3. The molecule has 0 fully saturated rings. The number of benzene rings is 3. The molecule has 6 nitrogen and oxygen atoms in total. The zero-order valence-corrected chi connectivity index (χ0v) is 18.5. The number of carbonyl (C=O) groups excluding carboxylic acids is 2. The Bertz CT molecular complexity index is 1040. The summed E-state index contributed by atoms with van der Waals surface area (Å²) in [4.78, 5) is 26.8. The van der Waals surface area contributed by atoms with Crippen LogP contribution >= 0.6 is 0 Å². The molecule has 0 saturated heterocycles. The topological polar surface area (TPSA) is 70.7 Å². The SMILES string of the molecule is CCCOc1cccc(NC(=O)CNc2cccc(C(=O)N(C)Cc3ccccc3)c2)c1. The molecule has 3 aromatic rings. The number of nitrogens with zero attached hydrogens (tertiary/aromatic N) is 1. The van der Waals surface area contributed by atoms with E-state index in [1.54, 1.807) is 36.2 Å². The van der Waals surface area contributed by atoms with Gasteiger partial charge >= 0.3 is 0 Å². The number of nitrogens with one attached hydrogen (secondary N) is 2. The van der Waals surface area contributed by atoms with Crippen LogP contribution in [0.4, 0.5) is 11.4 Å². The van der Waals surface area contributed by atoms with Gasteiger partial charge in [-0.25, -0.2) is 0 Å². The third kappa shape index (κ3) is 6.87. The Morgan fingerprint density at radius 3 is 2.44 bits per heavy atom. The Hall–Kier alpha value is -3.80. The molecule has 3 rings (SSSR count). The predicted molar refractivity (Wildman–Crippen MR) is 128 cm³/mol. The summed E-state index contributed by atoms with van der Waals surface area (Å²) in [5.74, 6) is 0.463. The van der Waals surface area contributed by atoms with E-state index in [0.29, 0.717) is 30.1 Å². The van der Waals surface area contributed by atoms with Crippen LogP contribution in [0.1, 0.15) is 29.3 Å². The number of hydrogen-bond donors (Lipinski definition) is 2. The molecular weight excluding hydrogens is 402 g/mol. The number of anilines is 2. The van der Waals surface area contributed by atoms with Gasteiger partial charge in [0, 0.05) is 36.6 Å². The molecule has 0 aromatic heterocycles. The van der Waals surface area contributed by atoms with Gasteiger partial charge in [-0.1, -0.05) is 49.4 Å². The lowest BCUT2D eigenvalue weighted by molar-refractivity contribution is -0.114. The molecule has 0 spiro atoms. The molecule has 0 saturated carbocycles. The monoisotopic (exact) mass is 431 g/mol. The first-order valence-corrected chi connectivity index (χ1v) is 10.7. The molecule has 0 aliphatic rings. The highest BCUT2D eigenvalue weighted by Crippen LogP contribution is 2.18. The van der Waals surface area contributed by atoms with E-state index in [1.807, 2.05) is 61.5 Å². The minimum atomic E-state index is -0.185. The highest BCUT2D eigenvalue weighted by Gasteiger charge is 2.13. The van der Waals surface area contributed by atoms with Crippen molar-refractivity contribution in [2.24, 2.45) is 0 Å². The van der Waals surface area contributed by atoms with E-state index in [4.69, 9.17) is 4.74 Å². The summed E-state index contributed by atoms with van der Waals surface area (Å²) >= 11 is 0. The molecule has 0 bridgehead atoms. The van der Waals surface area contributed by atoms with Crippen molar-refractivity contribution in [3.8, 4) is 5.75 Å². The van der Waals surface area contributed by atoms with Gasteiger partial charge < -0.3 is 20.3 Å². The van der Waals surface area contributed by atoms with E-state index in [1.165, 1.54) is 0 Å². The number of hydrogen-bond acceptors (Lipinski definition) is 4. The van der Waals surface area contributed by atoms with Crippen molar-refractivity contribution in [2.75, 3.05) is 30.8 Å². The molecule has 0 aliphatic carbocycles. The maximum absolute atomic E-state index is 12.8. The molecule has 2 N–H and O–H groups in total. The Morgan fingerprint density at radius 1 is 0.906 bits per heavy atom. The second-order valence-electron chi connectivity index (χ2n) is 7.51. The summed E-state index contributed by atoms with van der Waals surface area (Å²) in [5.41, 5.74) is 3.02. The predicted octanol–water partition coefficient (Wildman–Crippen LogP) is 4.80. The average Bonchev–Trinajstić information content (AvgIpc) is 2.82. The fourth-order valence-corrected chi connectivity index (χ4v) is 3.18. The van der Waals surface area contributed by atoms with Crippen LogP contribution in [0.25, 0.3) is 0 Å². The molecule has 2 amide bonds. The van der Waals surface area contributed by atoms with Crippen molar-refractivity contribution in [1.82, 2.24) is 4.90 Å². The largest absolute Gasteiger partial charge is 0.494 e. The lowest BCUT2D eigenvalue weighted by Crippen LogP contribution is -2.26. The standard InChI is InChI=1S/C26H29N3O3/c1-3-15-32-24-14-8-13-23(17-24)28-25(30)18-27-22-12-7-11-21(16-22)26(31)29(2)19-20-9-5-4-6-10-20/h4-14,16-17,27H,3,15,18-19H2,1-2H3,(H,28,30). The fourth-order valence-electron chi connectivity index (χ4n) is 3.18.